The maximum atomic E-state index is 12.0. The first-order valence-corrected chi connectivity index (χ1v) is 9.21. The Balaban J connectivity index is 1.39. The topological polar surface area (TPSA) is 53.6 Å². The van der Waals surface area contributed by atoms with Crippen LogP contribution in [0.15, 0.2) is 42.5 Å². The number of anilines is 2. The molecule has 3 rings (SSSR count). The summed E-state index contributed by atoms with van der Waals surface area (Å²) in [6, 6.07) is 13.9. The minimum atomic E-state index is -0.219. The lowest BCUT2D eigenvalue weighted by molar-refractivity contribution is 0.247. The maximum absolute atomic E-state index is 12.0. The molecule has 0 aliphatic carbocycles. The summed E-state index contributed by atoms with van der Waals surface area (Å²) < 4.78 is 5.69. The van der Waals surface area contributed by atoms with E-state index in [2.05, 4.69) is 33.7 Å². The Morgan fingerprint density at radius 1 is 1.04 bits per heavy atom. The Hall–Kier alpha value is -2.69. The molecule has 5 heteroatoms. The van der Waals surface area contributed by atoms with Gasteiger partial charge in [0.2, 0.25) is 0 Å². The third kappa shape index (κ3) is 5.15. The second-order valence-corrected chi connectivity index (χ2v) is 6.79. The molecule has 26 heavy (non-hydrogen) atoms. The molecule has 2 aromatic rings. The Labute approximate surface area is 155 Å². The third-order valence-corrected chi connectivity index (χ3v) is 4.45. The van der Waals surface area contributed by atoms with Crippen LogP contribution in [-0.4, -0.2) is 32.3 Å². The zero-order chi connectivity index (χ0) is 18.4. The Morgan fingerprint density at radius 2 is 1.69 bits per heavy atom. The van der Waals surface area contributed by atoms with Crippen molar-refractivity contribution >= 4 is 17.4 Å². The Bertz CT molecular complexity index is 717. The van der Waals surface area contributed by atoms with Crippen LogP contribution in [0.5, 0.6) is 5.75 Å². The molecule has 2 N–H and O–H groups in total. The largest absolute Gasteiger partial charge is 0.492 e. The van der Waals surface area contributed by atoms with E-state index < -0.39 is 0 Å². The van der Waals surface area contributed by atoms with Crippen molar-refractivity contribution in [2.24, 2.45) is 0 Å². The van der Waals surface area contributed by atoms with Gasteiger partial charge in [-0.05, 0) is 74.2 Å². The summed E-state index contributed by atoms with van der Waals surface area (Å²) in [6.45, 7) is 7.21. The van der Waals surface area contributed by atoms with Gasteiger partial charge in [0.15, 0.2) is 0 Å². The van der Waals surface area contributed by atoms with Crippen molar-refractivity contribution in [3.8, 4) is 5.75 Å². The van der Waals surface area contributed by atoms with Gasteiger partial charge in [0, 0.05) is 24.5 Å². The highest BCUT2D eigenvalue weighted by Gasteiger charge is 2.12. The number of benzene rings is 2. The summed E-state index contributed by atoms with van der Waals surface area (Å²) in [5.74, 6) is 0.835. The number of hydrogen-bond donors (Lipinski definition) is 2. The summed E-state index contributed by atoms with van der Waals surface area (Å²) in [7, 11) is 0. The van der Waals surface area contributed by atoms with E-state index in [9.17, 15) is 4.79 Å². The highest BCUT2D eigenvalue weighted by Crippen LogP contribution is 2.22. The molecule has 1 aliphatic heterocycles. The van der Waals surface area contributed by atoms with E-state index in [0.717, 1.165) is 24.5 Å². The fraction of sp³-hybridized carbons (Fsp3) is 0.381. The van der Waals surface area contributed by atoms with Crippen molar-refractivity contribution < 1.29 is 9.53 Å². The normalized spacial score (nSPS) is 13.5. The number of rotatable bonds is 6. The van der Waals surface area contributed by atoms with Gasteiger partial charge in [-0.1, -0.05) is 6.07 Å². The van der Waals surface area contributed by atoms with Gasteiger partial charge in [0.05, 0.1) is 6.54 Å². The lowest BCUT2D eigenvalue weighted by atomic mass is 10.1. The van der Waals surface area contributed by atoms with Crippen LogP contribution in [0.4, 0.5) is 16.2 Å². The number of aryl methyl sites for hydroxylation is 2. The van der Waals surface area contributed by atoms with Gasteiger partial charge in [-0.2, -0.15) is 0 Å². The molecular formula is C21H27N3O2. The molecule has 0 bridgehead atoms. The standard InChI is InChI=1S/C21H27N3O2/c1-16-13-17(2)15-20(14-16)26-12-9-22-21(25)23-18-5-7-19(8-6-18)24-10-3-4-11-24/h5-8,13-15H,3-4,9-12H2,1-2H3,(H2,22,23,25). The van der Waals surface area contributed by atoms with E-state index in [1.807, 2.05) is 38.1 Å². The van der Waals surface area contributed by atoms with Gasteiger partial charge in [-0.15, -0.1) is 0 Å². The van der Waals surface area contributed by atoms with Gasteiger partial charge in [-0.3, -0.25) is 0 Å². The molecule has 0 saturated carbocycles. The van der Waals surface area contributed by atoms with Gasteiger partial charge >= 0.3 is 6.03 Å². The number of carbonyl (C=O) groups excluding carboxylic acids is 1. The molecule has 2 aromatic carbocycles. The quantitative estimate of drug-likeness (QED) is 0.769. The van der Waals surface area contributed by atoms with Crippen molar-refractivity contribution in [2.45, 2.75) is 26.7 Å². The fourth-order valence-corrected chi connectivity index (χ4v) is 3.26. The van der Waals surface area contributed by atoms with Crippen LogP contribution in [0.2, 0.25) is 0 Å². The SMILES string of the molecule is Cc1cc(C)cc(OCCNC(=O)Nc2ccc(N3CCCC3)cc2)c1. The first-order chi connectivity index (χ1) is 12.6. The van der Waals surface area contributed by atoms with E-state index >= 15 is 0 Å². The average molecular weight is 353 g/mol. The van der Waals surface area contributed by atoms with E-state index in [0.29, 0.717) is 13.2 Å². The van der Waals surface area contributed by atoms with Gasteiger partial charge in [0.25, 0.3) is 0 Å². The number of carbonyl (C=O) groups is 1. The minimum Gasteiger partial charge on any atom is -0.492 e. The number of amides is 2. The van der Waals surface area contributed by atoms with Crippen LogP contribution in [-0.2, 0) is 0 Å². The fourth-order valence-electron chi connectivity index (χ4n) is 3.26. The van der Waals surface area contributed by atoms with Crippen molar-refractivity contribution in [3.05, 3.63) is 53.6 Å². The van der Waals surface area contributed by atoms with Crippen molar-refractivity contribution in [2.75, 3.05) is 36.5 Å². The zero-order valence-electron chi connectivity index (χ0n) is 15.5. The average Bonchev–Trinajstić information content (AvgIpc) is 3.13. The van der Waals surface area contributed by atoms with E-state index in [1.54, 1.807) is 0 Å². The molecule has 2 amide bonds. The summed E-state index contributed by atoms with van der Waals surface area (Å²) in [5, 5.41) is 5.67. The van der Waals surface area contributed by atoms with Crippen LogP contribution in [0, 0.1) is 13.8 Å². The highest BCUT2D eigenvalue weighted by molar-refractivity contribution is 5.89. The summed E-state index contributed by atoms with van der Waals surface area (Å²) in [5.41, 5.74) is 4.35. The van der Waals surface area contributed by atoms with E-state index in [1.165, 1.54) is 29.7 Å². The Morgan fingerprint density at radius 3 is 2.35 bits per heavy atom. The summed E-state index contributed by atoms with van der Waals surface area (Å²) >= 11 is 0. The molecule has 0 unspecified atom stereocenters. The lowest BCUT2D eigenvalue weighted by Gasteiger charge is -2.17. The predicted octanol–water partition coefficient (Wildman–Crippen LogP) is 4.10. The Kier molecular flexibility index (Phi) is 6.00. The van der Waals surface area contributed by atoms with Crippen molar-refractivity contribution in [3.63, 3.8) is 0 Å². The minimum absolute atomic E-state index is 0.219. The van der Waals surface area contributed by atoms with Crippen LogP contribution in [0.25, 0.3) is 0 Å². The van der Waals surface area contributed by atoms with Crippen LogP contribution >= 0.6 is 0 Å². The van der Waals surface area contributed by atoms with Crippen molar-refractivity contribution in [1.29, 1.82) is 0 Å². The molecule has 0 atom stereocenters. The maximum Gasteiger partial charge on any atom is 0.319 e. The van der Waals surface area contributed by atoms with Crippen LogP contribution in [0.3, 0.4) is 0 Å². The smallest absolute Gasteiger partial charge is 0.319 e. The second kappa shape index (κ2) is 8.61. The number of nitrogens with one attached hydrogen (secondary N) is 2. The molecule has 0 aromatic heterocycles. The number of ether oxygens (including phenoxy) is 1. The number of urea groups is 1. The molecule has 1 fully saturated rings. The van der Waals surface area contributed by atoms with Gasteiger partial charge in [0.1, 0.15) is 12.4 Å². The number of nitrogens with zero attached hydrogens (tertiary/aromatic N) is 1. The molecular weight excluding hydrogens is 326 g/mol. The van der Waals surface area contributed by atoms with Crippen molar-refractivity contribution in [1.82, 2.24) is 5.32 Å². The molecule has 5 nitrogen and oxygen atoms in total. The first kappa shape index (κ1) is 18.1. The van der Waals surface area contributed by atoms with E-state index in [4.69, 9.17) is 4.74 Å². The molecule has 0 radical (unpaired) electrons. The lowest BCUT2D eigenvalue weighted by Crippen LogP contribution is -2.32. The predicted molar refractivity (Wildman–Crippen MR) is 106 cm³/mol. The molecule has 138 valence electrons. The number of hydrogen-bond acceptors (Lipinski definition) is 3. The monoisotopic (exact) mass is 353 g/mol. The zero-order valence-corrected chi connectivity index (χ0v) is 15.5. The van der Waals surface area contributed by atoms with Crippen LogP contribution in [0.1, 0.15) is 24.0 Å². The van der Waals surface area contributed by atoms with E-state index in [-0.39, 0.29) is 6.03 Å². The molecule has 1 heterocycles. The third-order valence-electron chi connectivity index (χ3n) is 4.45. The second-order valence-electron chi connectivity index (χ2n) is 6.79. The van der Waals surface area contributed by atoms with Gasteiger partial charge < -0.3 is 20.3 Å². The highest BCUT2D eigenvalue weighted by atomic mass is 16.5. The summed E-state index contributed by atoms with van der Waals surface area (Å²) in [4.78, 5) is 14.4. The van der Waals surface area contributed by atoms with Gasteiger partial charge in [-0.25, -0.2) is 4.79 Å². The van der Waals surface area contributed by atoms with Crippen LogP contribution < -0.4 is 20.3 Å². The molecule has 0 spiro atoms. The molecule has 1 aliphatic rings. The summed E-state index contributed by atoms with van der Waals surface area (Å²) in [6.07, 6.45) is 2.51. The molecule has 1 saturated heterocycles. The first-order valence-electron chi connectivity index (χ1n) is 9.21.